The van der Waals surface area contributed by atoms with Gasteiger partial charge in [0.05, 0.1) is 12.3 Å². The third-order valence-electron chi connectivity index (χ3n) is 1.45. The molecule has 0 aromatic heterocycles. The molecule has 10 heavy (non-hydrogen) atoms. The average molecular weight is 128 g/mol. The van der Waals surface area contributed by atoms with Gasteiger partial charge in [-0.25, -0.2) is 0 Å². The zero-order valence-corrected chi connectivity index (χ0v) is 5.39. The van der Waals surface area contributed by atoms with Crippen molar-refractivity contribution in [1.29, 1.82) is 0 Å². The molecule has 1 aliphatic heterocycles. The normalized spacial score (nSPS) is 18.4. The van der Waals surface area contributed by atoms with Crippen LogP contribution in [-0.2, 0) is 0 Å². The second-order valence-corrected chi connectivity index (χ2v) is 2.11. The fourth-order valence-corrected chi connectivity index (χ4v) is 0.945. The van der Waals surface area contributed by atoms with E-state index in [0.29, 0.717) is 0 Å². The van der Waals surface area contributed by atoms with E-state index in [9.17, 15) is 0 Å². The molecule has 46 valence electrons. The van der Waals surface area contributed by atoms with E-state index in [-0.39, 0.29) is 0 Å². The summed E-state index contributed by atoms with van der Waals surface area (Å²) in [6, 6.07) is 0. The van der Waals surface area contributed by atoms with Gasteiger partial charge in [0.1, 0.15) is 11.6 Å². The van der Waals surface area contributed by atoms with Gasteiger partial charge in [0.25, 0.3) is 0 Å². The van der Waals surface area contributed by atoms with Crippen LogP contribution in [0.15, 0.2) is 47.5 Å². The van der Waals surface area contributed by atoms with Crippen molar-refractivity contribution in [2.45, 2.75) is 0 Å². The van der Waals surface area contributed by atoms with E-state index in [0.717, 1.165) is 11.1 Å². The lowest BCUT2D eigenvalue weighted by Crippen LogP contribution is -2.02. The lowest BCUT2D eigenvalue weighted by Gasteiger charge is -1.99. The first-order chi connectivity index (χ1) is 4.97. The third kappa shape index (κ3) is 0.708. The van der Waals surface area contributed by atoms with Crippen LogP contribution in [0.1, 0.15) is 0 Å². The maximum absolute atomic E-state index is 3.08. The molecule has 0 atom stereocenters. The molecule has 0 aromatic rings. The Morgan fingerprint density at radius 1 is 1.50 bits per heavy atom. The summed E-state index contributed by atoms with van der Waals surface area (Å²) in [6.45, 7) is 0. The van der Waals surface area contributed by atoms with Crippen molar-refractivity contribution in [1.82, 2.24) is 5.32 Å². The molecule has 0 fully saturated rings. The Bertz CT molecular complexity index is 297. The van der Waals surface area contributed by atoms with Crippen LogP contribution in [0.4, 0.5) is 0 Å². The molecule has 0 saturated heterocycles. The fourth-order valence-electron chi connectivity index (χ4n) is 0.945. The predicted molar refractivity (Wildman–Crippen MR) is 39.8 cm³/mol. The summed E-state index contributed by atoms with van der Waals surface area (Å²) in [6.07, 6.45) is 12.6. The molecule has 1 N–H and O–H groups in total. The second kappa shape index (κ2) is 2.00. The minimum Gasteiger partial charge on any atom is -0.351 e. The van der Waals surface area contributed by atoms with Crippen LogP contribution in [0.25, 0.3) is 0 Å². The van der Waals surface area contributed by atoms with Crippen molar-refractivity contribution in [2.24, 2.45) is 0 Å². The minimum absolute atomic E-state index is 1.12. The van der Waals surface area contributed by atoms with Crippen LogP contribution in [-0.4, -0.2) is 0 Å². The Hall–Kier alpha value is -1.55. The molecule has 1 heteroatoms. The number of nitrogens with one attached hydrogen (secondary N) is 1. The van der Waals surface area contributed by atoms with E-state index in [1.165, 1.54) is 0 Å². The average Bonchev–Trinajstić information content (AvgIpc) is 2.05. The third-order valence-corrected chi connectivity index (χ3v) is 1.45. The fraction of sp³-hybridized carbons (Fsp3) is 0. The van der Waals surface area contributed by atoms with Gasteiger partial charge in [-0.1, -0.05) is 0 Å². The van der Waals surface area contributed by atoms with Crippen LogP contribution in [0.3, 0.4) is 0 Å². The lowest BCUT2D eigenvalue weighted by molar-refractivity contribution is 1.14. The van der Waals surface area contributed by atoms with Gasteiger partial charge >= 0.3 is 0 Å². The van der Waals surface area contributed by atoms with Crippen molar-refractivity contribution >= 4 is 0 Å². The van der Waals surface area contributed by atoms with Crippen LogP contribution < -0.4 is 5.32 Å². The molecule has 0 saturated carbocycles. The molecule has 0 radical (unpaired) electrons. The smallest absolute Gasteiger partial charge is 0.159 e. The van der Waals surface area contributed by atoms with Gasteiger partial charge in [0.2, 0.25) is 0 Å². The highest BCUT2D eigenvalue weighted by molar-refractivity contribution is 5.49. The first-order valence-corrected chi connectivity index (χ1v) is 3.14. The molecular weight excluding hydrogens is 122 g/mol. The second-order valence-electron chi connectivity index (χ2n) is 2.11. The molecule has 2 aliphatic rings. The molecule has 2 rings (SSSR count). The Balaban J connectivity index is 2.51. The van der Waals surface area contributed by atoms with Gasteiger partial charge in [-0.15, -0.1) is 0 Å². The number of hydrogen-bond donors (Lipinski definition) is 1. The number of rotatable bonds is 0. The monoisotopic (exact) mass is 128 g/mol. The minimum atomic E-state index is 1.12. The first kappa shape index (κ1) is 5.25. The summed E-state index contributed by atoms with van der Waals surface area (Å²) in [7, 11) is 0. The van der Waals surface area contributed by atoms with E-state index in [1.807, 2.05) is 24.6 Å². The number of fused-ring (bicyclic) bond motifs is 1. The van der Waals surface area contributed by atoms with Crippen molar-refractivity contribution in [3.8, 4) is 0 Å². The van der Waals surface area contributed by atoms with Gasteiger partial charge < -0.3 is 5.32 Å². The molecule has 0 amide bonds. The standard InChI is InChI=1S/C9H6N/c1-2-4-9-7-10-6-5-8(9)3-1/h1,4-7,10H/q+1. The van der Waals surface area contributed by atoms with Crippen LogP contribution in [0.5, 0.6) is 0 Å². The Morgan fingerprint density at radius 2 is 2.50 bits per heavy atom. The number of allylic oxidation sites excluding steroid dienone is 5. The van der Waals surface area contributed by atoms with Gasteiger partial charge in [0, 0.05) is 24.1 Å². The predicted octanol–water partition coefficient (Wildman–Crippen LogP) is 1.44. The van der Waals surface area contributed by atoms with Gasteiger partial charge in [-0.2, -0.15) is 0 Å². The van der Waals surface area contributed by atoms with Crippen LogP contribution >= 0.6 is 0 Å². The molecule has 0 bridgehead atoms. The van der Waals surface area contributed by atoms with Gasteiger partial charge in [-0.3, -0.25) is 0 Å². The van der Waals surface area contributed by atoms with E-state index in [2.05, 4.69) is 17.1 Å². The van der Waals surface area contributed by atoms with Gasteiger partial charge in [0.15, 0.2) is 5.57 Å². The van der Waals surface area contributed by atoms with Crippen LogP contribution in [0, 0.1) is 6.08 Å². The Morgan fingerprint density at radius 3 is 3.40 bits per heavy atom. The molecule has 1 aliphatic carbocycles. The molecule has 0 unspecified atom stereocenters. The summed E-state index contributed by atoms with van der Waals surface area (Å²) >= 11 is 0. The molecule has 1 nitrogen and oxygen atoms in total. The quantitative estimate of drug-likeness (QED) is 0.384. The highest BCUT2D eigenvalue weighted by Gasteiger charge is 2.12. The lowest BCUT2D eigenvalue weighted by atomic mass is 10.0. The number of hydrogen-bond acceptors (Lipinski definition) is 1. The van der Waals surface area contributed by atoms with Gasteiger partial charge in [-0.05, 0) is 0 Å². The van der Waals surface area contributed by atoms with E-state index < -0.39 is 0 Å². The Kier molecular flexibility index (Phi) is 1.05. The summed E-state index contributed by atoms with van der Waals surface area (Å²) < 4.78 is 0. The summed E-state index contributed by atoms with van der Waals surface area (Å²) in [5.74, 6) is 0. The maximum atomic E-state index is 3.08. The highest BCUT2D eigenvalue weighted by Crippen LogP contribution is 2.16. The largest absolute Gasteiger partial charge is 0.351 e. The maximum Gasteiger partial charge on any atom is 0.159 e. The van der Waals surface area contributed by atoms with E-state index in [4.69, 9.17) is 0 Å². The summed E-state index contributed by atoms with van der Waals surface area (Å²) in [5, 5.41) is 3.00. The van der Waals surface area contributed by atoms with Crippen molar-refractivity contribution < 1.29 is 0 Å². The Labute approximate surface area is 59.7 Å². The van der Waals surface area contributed by atoms with Crippen molar-refractivity contribution in [2.75, 3.05) is 0 Å². The summed E-state index contributed by atoms with van der Waals surface area (Å²) in [4.78, 5) is 0. The first-order valence-electron chi connectivity index (χ1n) is 3.14. The summed E-state index contributed by atoms with van der Waals surface area (Å²) in [5.41, 5.74) is 5.23. The molecule has 0 spiro atoms. The van der Waals surface area contributed by atoms with E-state index >= 15 is 0 Å². The zero-order valence-electron chi connectivity index (χ0n) is 5.39. The zero-order chi connectivity index (χ0) is 6.81. The van der Waals surface area contributed by atoms with Crippen LogP contribution in [0.2, 0.25) is 0 Å². The topological polar surface area (TPSA) is 12.0 Å². The molecular formula is C9H6N+. The molecule has 1 heterocycles. The number of dihydropyridines is 1. The molecule has 0 aromatic carbocycles. The highest BCUT2D eigenvalue weighted by atomic mass is 14.8. The van der Waals surface area contributed by atoms with Crippen molar-refractivity contribution in [3.05, 3.63) is 53.6 Å². The SMILES string of the molecule is C1=C[C+]=C2C=CNC=C2C=1. The van der Waals surface area contributed by atoms with E-state index in [1.54, 1.807) is 6.08 Å². The van der Waals surface area contributed by atoms with Crippen molar-refractivity contribution in [3.63, 3.8) is 0 Å².